The van der Waals surface area contributed by atoms with Gasteiger partial charge in [-0.1, -0.05) is 141 Å². The van der Waals surface area contributed by atoms with Gasteiger partial charge in [-0.05, 0) is 12.8 Å². The van der Waals surface area contributed by atoms with Gasteiger partial charge in [0.15, 0.2) is 0 Å². The average Bonchev–Trinajstić information content (AvgIpc) is 2.75. The van der Waals surface area contributed by atoms with Crippen LogP contribution in [0.5, 0.6) is 0 Å². The molecule has 0 aliphatic carbocycles. The summed E-state index contributed by atoms with van der Waals surface area (Å²) >= 11 is 0. The van der Waals surface area contributed by atoms with Crippen molar-refractivity contribution in [2.75, 3.05) is 0 Å². The Kier molecular flexibility index (Phi) is 24.0. The van der Waals surface area contributed by atoms with Crippen molar-refractivity contribution in [3.63, 3.8) is 0 Å². The van der Waals surface area contributed by atoms with Gasteiger partial charge >= 0.3 is 5.97 Å². The highest BCUT2D eigenvalue weighted by atomic mass is 16.7. The Balaban J connectivity index is 3.05. The second kappa shape index (κ2) is 24.5. The lowest BCUT2D eigenvalue weighted by Crippen LogP contribution is -2.26. The van der Waals surface area contributed by atoms with Crippen LogP contribution in [-0.4, -0.2) is 32.4 Å². The maximum absolute atomic E-state index is 10.4. The number of hydrogen-bond donors (Lipinski definition) is 4. The van der Waals surface area contributed by atoms with Crippen LogP contribution in [0.2, 0.25) is 0 Å². The number of aliphatic hydroxyl groups is 3. The smallest absolute Gasteiger partial charge is 0.303 e. The molecule has 0 aliphatic heterocycles. The molecule has 0 aromatic rings. The minimum atomic E-state index is -2.48. The molecule has 5 heteroatoms. The molecule has 0 aliphatic rings. The van der Waals surface area contributed by atoms with Crippen LogP contribution in [0, 0.1) is 0 Å². The Hall–Kier alpha value is -0.650. The summed E-state index contributed by atoms with van der Waals surface area (Å²) in [5.74, 6) is -3.14. The zero-order chi connectivity index (χ0) is 24.5. The molecule has 0 radical (unpaired) electrons. The fourth-order valence-corrected chi connectivity index (χ4v) is 4.53. The van der Waals surface area contributed by atoms with Crippen LogP contribution in [0.4, 0.5) is 0 Å². The lowest BCUT2D eigenvalue weighted by Gasteiger charge is -2.12. The van der Waals surface area contributed by atoms with Gasteiger partial charge in [0, 0.05) is 12.8 Å². The van der Waals surface area contributed by atoms with E-state index in [0.717, 1.165) is 25.7 Å². The predicted molar refractivity (Wildman–Crippen MR) is 137 cm³/mol. The van der Waals surface area contributed by atoms with Gasteiger partial charge in [0.2, 0.25) is 0 Å². The molecule has 198 valence electrons. The first kappa shape index (κ1) is 32.4. The Labute approximate surface area is 204 Å². The Morgan fingerprint density at radius 2 is 0.606 bits per heavy atom. The van der Waals surface area contributed by atoms with E-state index in [1.54, 1.807) is 0 Å². The van der Waals surface area contributed by atoms with Crippen LogP contribution in [0.15, 0.2) is 0 Å². The van der Waals surface area contributed by atoms with Crippen molar-refractivity contribution in [3.8, 4) is 0 Å². The third-order valence-electron chi connectivity index (χ3n) is 6.65. The number of hydrogen-bond acceptors (Lipinski definition) is 4. The summed E-state index contributed by atoms with van der Waals surface area (Å²) in [5, 5.41) is 35.0. The van der Waals surface area contributed by atoms with Crippen LogP contribution in [0.3, 0.4) is 0 Å². The second-order valence-corrected chi connectivity index (χ2v) is 10.2. The molecule has 33 heavy (non-hydrogen) atoms. The van der Waals surface area contributed by atoms with Crippen molar-refractivity contribution < 1.29 is 25.2 Å². The van der Waals surface area contributed by atoms with Crippen molar-refractivity contribution in [1.29, 1.82) is 0 Å². The topological polar surface area (TPSA) is 98.0 Å². The van der Waals surface area contributed by atoms with Gasteiger partial charge in [-0.25, -0.2) is 0 Å². The number of aliphatic carboxylic acids is 1. The van der Waals surface area contributed by atoms with E-state index in [-0.39, 0.29) is 6.42 Å². The van der Waals surface area contributed by atoms with Crippen LogP contribution < -0.4 is 0 Å². The Morgan fingerprint density at radius 1 is 0.394 bits per heavy atom. The first-order valence-electron chi connectivity index (χ1n) is 14.3. The molecule has 0 saturated carbocycles. The minimum Gasteiger partial charge on any atom is -0.481 e. The van der Waals surface area contributed by atoms with Gasteiger partial charge in [-0.15, -0.1) is 0 Å². The predicted octanol–water partition coefficient (Wildman–Crippen LogP) is 7.84. The van der Waals surface area contributed by atoms with Gasteiger partial charge in [-0.2, -0.15) is 0 Å². The molecule has 0 aromatic carbocycles. The second-order valence-electron chi connectivity index (χ2n) is 10.2. The summed E-state index contributed by atoms with van der Waals surface area (Å²) in [6, 6.07) is 0. The van der Waals surface area contributed by atoms with E-state index in [2.05, 4.69) is 0 Å². The van der Waals surface area contributed by atoms with E-state index in [1.165, 1.54) is 122 Å². The fourth-order valence-electron chi connectivity index (χ4n) is 4.53. The van der Waals surface area contributed by atoms with Gasteiger partial charge in [0.1, 0.15) is 0 Å². The third-order valence-corrected chi connectivity index (χ3v) is 6.65. The maximum Gasteiger partial charge on any atom is 0.303 e. The number of carbonyl (C=O) groups is 1. The van der Waals surface area contributed by atoms with E-state index in [9.17, 15) is 4.79 Å². The van der Waals surface area contributed by atoms with Gasteiger partial charge in [-0.3, -0.25) is 4.79 Å². The molecule has 0 saturated heterocycles. The molecule has 0 unspecified atom stereocenters. The van der Waals surface area contributed by atoms with Crippen LogP contribution in [0.25, 0.3) is 0 Å². The molecular formula is C28H56O5. The summed E-state index contributed by atoms with van der Waals surface area (Å²) in [4.78, 5) is 10.4. The Morgan fingerprint density at radius 3 is 0.818 bits per heavy atom. The van der Waals surface area contributed by atoms with E-state index in [1.807, 2.05) is 0 Å². The van der Waals surface area contributed by atoms with Gasteiger partial charge < -0.3 is 20.4 Å². The molecule has 4 N–H and O–H groups in total. The largest absolute Gasteiger partial charge is 0.481 e. The standard InChI is InChI=1S/C28H56O5/c29-27(30)25-23-21-19-17-15-13-11-9-7-5-3-1-2-4-6-8-10-12-14-16-18-20-22-24-26-28(31,32)33/h31-33H,1-26H2,(H,29,30). The normalized spacial score (nSPS) is 11.8. The summed E-state index contributed by atoms with van der Waals surface area (Å²) in [6.45, 7) is 0. The van der Waals surface area contributed by atoms with Crippen LogP contribution in [0.1, 0.15) is 167 Å². The van der Waals surface area contributed by atoms with Crippen molar-refractivity contribution >= 4 is 5.97 Å². The van der Waals surface area contributed by atoms with E-state index in [0.29, 0.717) is 12.8 Å². The average molecular weight is 473 g/mol. The quantitative estimate of drug-likeness (QED) is 0.0721. The summed E-state index contributed by atoms with van der Waals surface area (Å²) < 4.78 is 0. The summed E-state index contributed by atoms with van der Waals surface area (Å²) in [7, 11) is 0. The molecule has 0 bridgehead atoms. The highest BCUT2D eigenvalue weighted by Crippen LogP contribution is 2.16. The molecule has 0 atom stereocenters. The Bertz CT molecular complexity index is 406. The lowest BCUT2D eigenvalue weighted by molar-refractivity contribution is -0.315. The van der Waals surface area contributed by atoms with Crippen LogP contribution >= 0.6 is 0 Å². The van der Waals surface area contributed by atoms with E-state index >= 15 is 0 Å². The molecular weight excluding hydrogens is 416 g/mol. The summed E-state index contributed by atoms with van der Waals surface area (Å²) in [5.41, 5.74) is 0. The van der Waals surface area contributed by atoms with Crippen molar-refractivity contribution in [3.05, 3.63) is 0 Å². The molecule has 0 aromatic heterocycles. The summed E-state index contributed by atoms with van der Waals surface area (Å²) in [6.07, 6.45) is 30.6. The first-order valence-corrected chi connectivity index (χ1v) is 14.3. The van der Waals surface area contributed by atoms with Crippen molar-refractivity contribution in [2.45, 2.75) is 173 Å². The number of carboxylic acids is 1. The van der Waals surface area contributed by atoms with Gasteiger partial charge in [0.25, 0.3) is 5.97 Å². The van der Waals surface area contributed by atoms with E-state index in [4.69, 9.17) is 20.4 Å². The zero-order valence-corrected chi connectivity index (χ0v) is 21.6. The monoisotopic (exact) mass is 472 g/mol. The van der Waals surface area contributed by atoms with Crippen molar-refractivity contribution in [2.24, 2.45) is 0 Å². The molecule has 0 rings (SSSR count). The lowest BCUT2D eigenvalue weighted by atomic mass is 10.0. The zero-order valence-electron chi connectivity index (χ0n) is 21.6. The molecule has 0 amide bonds. The SMILES string of the molecule is O=C(O)CCCCCCCCCCCCCCCCCCCCCCCCCCC(O)(O)O. The first-order chi connectivity index (χ1) is 15.9. The highest BCUT2D eigenvalue weighted by Gasteiger charge is 2.16. The highest BCUT2D eigenvalue weighted by molar-refractivity contribution is 5.66. The third kappa shape index (κ3) is 31.4. The van der Waals surface area contributed by atoms with Crippen molar-refractivity contribution in [1.82, 2.24) is 0 Å². The van der Waals surface area contributed by atoms with Gasteiger partial charge in [0.05, 0.1) is 0 Å². The molecule has 0 spiro atoms. The fraction of sp³-hybridized carbons (Fsp3) is 0.964. The minimum absolute atomic E-state index is 0.0495. The number of carboxylic acid groups (broad SMARTS) is 1. The molecule has 5 nitrogen and oxygen atoms in total. The van der Waals surface area contributed by atoms with Crippen LogP contribution in [-0.2, 0) is 4.79 Å². The molecule has 0 fully saturated rings. The number of unbranched alkanes of at least 4 members (excludes halogenated alkanes) is 23. The maximum atomic E-state index is 10.4. The molecule has 0 heterocycles. The van der Waals surface area contributed by atoms with E-state index < -0.39 is 11.9 Å². The number of rotatable bonds is 27.